The molecule has 648 valence electrons. The summed E-state index contributed by atoms with van der Waals surface area (Å²) in [4.78, 5) is 24.0. The van der Waals surface area contributed by atoms with E-state index >= 15 is 0 Å². The van der Waals surface area contributed by atoms with Gasteiger partial charge in [-0.25, -0.2) is 15.0 Å². The van der Waals surface area contributed by atoms with Gasteiger partial charge in [0.25, 0.3) is 0 Å². The third-order valence-electron chi connectivity index (χ3n) is 19.9. The molecule has 0 N–H and O–H groups in total. The predicted molar refractivity (Wildman–Crippen MR) is 543 cm³/mol. The molecule has 0 spiro atoms. The summed E-state index contributed by atoms with van der Waals surface area (Å²) in [6, 6.07) is 108. The Bertz CT molecular complexity index is 5470. The summed E-state index contributed by atoms with van der Waals surface area (Å²) in [7, 11) is 0. The molecule has 0 radical (unpaired) electrons. The lowest BCUT2D eigenvalue weighted by molar-refractivity contribution is 0.874. The molecule has 0 amide bonds. The van der Waals surface area contributed by atoms with Crippen molar-refractivity contribution in [3.05, 3.63) is 464 Å². The van der Waals surface area contributed by atoms with Gasteiger partial charge in [0, 0.05) is 36.7 Å². The molecule has 19 rings (SSSR count). The summed E-state index contributed by atoms with van der Waals surface area (Å²) < 4.78 is 0. The van der Waals surface area contributed by atoms with Gasteiger partial charge in [-0.15, -0.1) is 5.10 Å². The molecule has 10 heteroatoms. The molecule has 0 saturated carbocycles. The van der Waals surface area contributed by atoms with E-state index in [9.17, 15) is 0 Å². The number of fused-ring (bicyclic) bond motifs is 7. The van der Waals surface area contributed by atoms with Crippen molar-refractivity contribution in [1.82, 2.24) is 50.3 Å². The smallest absolute Gasteiger partial charge is 0.147 e. The SMILES string of the molecule is CC.CC.Cc1ccc(-c2ccc(-c3ccc(C)cc3)cc2)cc1.Cc1ccc(-c2ccc(C)cc2)cc1.Cc1ccc(C)cc1.Cc1ccc(C)nc1.Cc1ccc(C)nn1.Cc1ccc2c(c1)Cc1cc(C)ccc1-2.Cc1ccc2c(ccc3cc(C)ccc32)c1.Cc1cnc(C)cn1.Cc1cnc(C)nc1.Cc1cnc(C)nn1.c1ccc2ccccc2c1. The van der Waals surface area contributed by atoms with Crippen LogP contribution in [-0.2, 0) is 6.42 Å². The van der Waals surface area contributed by atoms with Gasteiger partial charge in [-0.3, -0.25) is 15.0 Å². The van der Waals surface area contributed by atoms with Gasteiger partial charge in [-0.05, 0) is 262 Å². The topological polar surface area (TPSA) is 129 Å². The maximum Gasteiger partial charge on any atom is 0.147 e. The molecule has 18 aromatic rings. The molecule has 0 saturated heterocycles. The van der Waals surface area contributed by atoms with Crippen LogP contribution in [0.15, 0.2) is 340 Å². The summed E-state index contributed by atoms with van der Waals surface area (Å²) in [5, 5.41) is 23.1. The first-order valence-corrected chi connectivity index (χ1v) is 43.9. The van der Waals surface area contributed by atoms with E-state index in [1.807, 2.05) is 134 Å². The standard InChI is InChI=1S/C20H18.C16H14.C15H14.C14H14.C10H8.C8H10.C7H9N.3C6H8N2.C5H7N3.2C2H6/c1-15-3-7-17(8-4-15)19-11-13-20(14-12-19)18-9-5-16(2)6-10-18;1-11-3-7-15-13(9-11)5-6-14-10-12(2)4-8-16(14)15;1-10-3-5-14-12(7-10)9-13-8-11(2)4-6-15(13)14;1-11-3-7-13(8-4-11)14-9-5-12(2)6-10-14;1-2-6-10-8-4-3-7-9(10)5-1;1-7-3-5-8(2)6-4-7;1-6-3-4-7(2)8-5-6;1-5-3-8-6(2)4-7-5;1-5-3-7-6(2)8-4-5;1-5-3-4-6(2)8-7-5;1-4-3-6-5(2)8-7-4;2*1-2/h3-14H,1-2H3;3-10H,1-2H3;3-8H,9H2,1-2H3;3-10H,1-2H3;1-8H;3-6H,1-2H3;3-5H,1-2H3;3*3-4H,1-2H3;3H,1-2H3;2*1-2H3. The highest BCUT2D eigenvalue weighted by Gasteiger charge is 2.18. The number of pyridine rings is 1. The van der Waals surface area contributed by atoms with E-state index in [4.69, 9.17) is 0 Å². The lowest BCUT2D eigenvalue weighted by Crippen LogP contribution is -1.91. The average molecular weight is 1680 g/mol. The second-order valence-corrected chi connectivity index (χ2v) is 31.6. The Labute approximate surface area is 759 Å². The van der Waals surface area contributed by atoms with Crippen LogP contribution < -0.4 is 0 Å². The van der Waals surface area contributed by atoms with E-state index in [2.05, 4.69) is 405 Å². The molecule has 0 aliphatic heterocycles. The van der Waals surface area contributed by atoms with Crippen molar-refractivity contribution in [2.24, 2.45) is 0 Å². The molecule has 0 bridgehead atoms. The molecule has 127 heavy (non-hydrogen) atoms. The Hall–Kier alpha value is -14.0. The van der Waals surface area contributed by atoms with E-state index in [0.717, 1.165) is 57.8 Å². The molecule has 0 atom stereocenters. The Balaban J connectivity index is 0.000000194. The first kappa shape index (κ1) is 100. The van der Waals surface area contributed by atoms with Crippen LogP contribution >= 0.6 is 0 Å². The minimum atomic E-state index is 0.718. The van der Waals surface area contributed by atoms with Crippen molar-refractivity contribution in [2.45, 2.75) is 173 Å². The van der Waals surface area contributed by atoms with Crippen molar-refractivity contribution in [2.75, 3.05) is 0 Å². The van der Waals surface area contributed by atoms with Gasteiger partial charge < -0.3 is 0 Å². The minimum absolute atomic E-state index is 0.718. The lowest BCUT2D eigenvalue weighted by atomic mass is 9.99. The molecule has 0 unspecified atom stereocenters. The number of nitrogens with zero attached hydrogens (tertiary/aromatic N) is 10. The van der Waals surface area contributed by atoms with Gasteiger partial charge in [-0.1, -0.05) is 368 Å². The van der Waals surface area contributed by atoms with Crippen LogP contribution in [0.1, 0.15) is 151 Å². The Kier molecular flexibility index (Phi) is 42.0. The van der Waals surface area contributed by atoms with Gasteiger partial charge in [0.2, 0.25) is 0 Å². The van der Waals surface area contributed by atoms with Crippen molar-refractivity contribution in [1.29, 1.82) is 0 Å². The monoisotopic (exact) mass is 1680 g/mol. The summed E-state index contributed by atoms with van der Waals surface area (Å²) in [6.45, 7) is 48.5. The van der Waals surface area contributed by atoms with Crippen molar-refractivity contribution >= 4 is 32.3 Å². The second kappa shape index (κ2) is 53.3. The number of aromatic nitrogens is 10. The highest BCUT2D eigenvalue weighted by Crippen LogP contribution is 2.37. The maximum atomic E-state index is 4.08. The predicted octanol–water partition coefficient (Wildman–Crippen LogP) is 30.8. The van der Waals surface area contributed by atoms with Gasteiger partial charge >= 0.3 is 0 Å². The van der Waals surface area contributed by atoms with Gasteiger partial charge in [0.05, 0.1) is 34.7 Å². The Morgan fingerprint density at radius 3 is 0.717 bits per heavy atom. The van der Waals surface area contributed by atoms with E-state index in [-0.39, 0.29) is 0 Å². The van der Waals surface area contributed by atoms with Crippen LogP contribution in [0.4, 0.5) is 0 Å². The van der Waals surface area contributed by atoms with Crippen LogP contribution in [0, 0.1) is 138 Å². The maximum absolute atomic E-state index is 4.08. The molecule has 13 aromatic carbocycles. The largest absolute Gasteiger partial charge is 0.261 e. The van der Waals surface area contributed by atoms with Crippen LogP contribution in [0.3, 0.4) is 0 Å². The number of benzene rings is 13. The molecule has 1 aliphatic rings. The first-order valence-electron chi connectivity index (χ1n) is 43.9. The summed E-state index contributed by atoms with van der Waals surface area (Å²) in [5.41, 5.74) is 34.8. The zero-order valence-electron chi connectivity index (χ0n) is 79.5. The van der Waals surface area contributed by atoms with Crippen molar-refractivity contribution in [3.8, 4) is 44.5 Å². The molecule has 10 nitrogen and oxygen atoms in total. The van der Waals surface area contributed by atoms with Crippen LogP contribution in [0.2, 0.25) is 0 Å². The third kappa shape index (κ3) is 35.7. The fourth-order valence-electron chi connectivity index (χ4n) is 12.7. The number of hydrogen-bond acceptors (Lipinski definition) is 10. The van der Waals surface area contributed by atoms with Crippen LogP contribution in [0.5, 0.6) is 0 Å². The molecular formula is C117H130N10. The zero-order valence-corrected chi connectivity index (χ0v) is 79.5. The molecule has 0 fully saturated rings. The molecule has 5 heterocycles. The highest BCUT2D eigenvalue weighted by molar-refractivity contribution is 6.07. The third-order valence-corrected chi connectivity index (χ3v) is 19.9. The van der Waals surface area contributed by atoms with Gasteiger partial charge in [0.15, 0.2) is 0 Å². The fourth-order valence-corrected chi connectivity index (χ4v) is 12.7. The van der Waals surface area contributed by atoms with E-state index in [0.29, 0.717) is 0 Å². The first-order chi connectivity index (χ1) is 61.1. The van der Waals surface area contributed by atoms with E-state index < -0.39 is 0 Å². The minimum Gasteiger partial charge on any atom is -0.261 e. The number of hydrogen-bond donors (Lipinski definition) is 0. The molecule has 1 aliphatic carbocycles. The second-order valence-electron chi connectivity index (χ2n) is 31.6. The Morgan fingerprint density at radius 2 is 0.433 bits per heavy atom. The highest BCUT2D eigenvalue weighted by atomic mass is 15.1. The van der Waals surface area contributed by atoms with Crippen molar-refractivity contribution in [3.63, 3.8) is 0 Å². The van der Waals surface area contributed by atoms with Crippen molar-refractivity contribution < 1.29 is 0 Å². The Morgan fingerprint density at radius 1 is 0.173 bits per heavy atom. The van der Waals surface area contributed by atoms with Crippen LogP contribution in [-0.4, -0.2) is 50.3 Å². The average Bonchev–Trinajstić information content (AvgIpc) is 1.72. The van der Waals surface area contributed by atoms with Gasteiger partial charge in [-0.2, -0.15) is 15.3 Å². The van der Waals surface area contributed by atoms with Gasteiger partial charge in [0.1, 0.15) is 11.6 Å². The summed E-state index contributed by atoms with van der Waals surface area (Å²) in [6.07, 6.45) is 11.8. The summed E-state index contributed by atoms with van der Waals surface area (Å²) >= 11 is 0. The van der Waals surface area contributed by atoms with Crippen LogP contribution in [0.25, 0.3) is 76.8 Å². The molecule has 5 aromatic heterocycles. The zero-order chi connectivity index (χ0) is 92.2. The van der Waals surface area contributed by atoms with E-state index in [1.54, 1.807) is 18.6 Å². The molecular weight excluding hydrogens is 1550 g/mol. The fraction of sp³-hybridized carbons (Fsp3) is 0.214. The summed E-state index contributed by atoms with van der Waals surface area (Å²) in [5.74, 6) is 1.55. The van der Waals surface area contributed by atoms with E-state index in [1.165, 1.54) is 149 Å². The number of rotatable bonds is 3. The number of aryl methyl sites for hydroxylation is 20. The normalized spacial score (nSPS) is 10.0. The lowest BCUT2D eigenvalue weighted by Gasteiger charge is -2.06. The quantitative estimate of drug-likeness (QED) is 0.158.